The Kier molecular flexibility index (Phi) is 6.11. The van der Waals surface area contributed by atoms with E-state index in [4.69, 9.17) is 4.74 Å². The second-order valence-corrected chi connectivity index (χ2v) is 6.38. The summed E-state index contributed by atoms with van der Waals surface area (Å²) in [6.07, 6.45) is 1.61. The van der Waals surface area contributed by atoms with E-state index in [1.165, 1.54) is 0 Å². The van der Waals surface area contributed by atoms with Crippen molar-refractivity contribution in [3.05, 3.63) is 72.4 Å². The first kappa shape index (κ1) is 19.2. The summed E-state index contributed by atoms with van der Waals surface area (Å²) in [6, 6.07) is 18.8. The van der Waals surface area contributed by atoms with Crippen LogP contribution in [0.25, 0.3) is 0 Å². The highest BCUT2D eigenvalue weighted by Gasteiger charge is 2.11. The number of para-hydroxylation sites is 2. The number of nitrogens with one attached hydrogen (secondary N) is 2. The lowest BCUT2D eigenvalue weighted by Gasteiger charge is -2.14. The van der Waals surface area contributed by atoms with Gasteiger partial charge in [-0.2, -0.15) is 0 Å². The quantitative estimate of drug-likeness (QED) is 0.634. The normalized spacial score (nSPS) is 10.2. The Balaban J connectivity index is 1.73. The van der Waals surface area contributed by atoms with Crippen LogP contribution in [0.5, 0.6) is 5.75 Å². The third-order valence-corrected chi connectivity index (χ3v) is 4.11. The number of anilines is 4. The van der Waals surface area contributed by atoms with Crippen LogP contribution >= 0.6 is 0 Å². The first-order valence-electron chi connectivity index (χ1n) is 9.10. The molecule has 144 valence electrons. The molecule has 0 spiro atoms. The molecule has 3 aromatic rings. The van der Waals surface area contributed by atoms with Gasteiger partial charge >= 0.3 is 0 Å². The van der Waals surface area contributed by atoms with Crippen LogP contribution in [0.3, 0.4) is 0 Å². The Bertz CT molecular complexity index is 939. The van der Waals surface area contributed by atoms with Crippen LogP contribution in [0.1, 0.15) is 17.3 Å². The number of nitrogens with zero attached hydrogens (tertiary/aromatic N) is 2. The van der Waals surface area contributed by atoms with Crippen molar-refractivity contribution in [2.45, 2.75) is 6.92 Å². The van der Waals surface area contributed by atoms with Crippen LogP contribution in [0.2, 0.25) is 0 Å². The molecule has 6 heteroatoms. The smallest absolute Gasteiger partial charge is 0.255 e. The molecule has 3 rings (SSSR count). The molecule has 1 aromatic heterocycles. The monoisotopic (exact) mass is 376 g/mol. The maximum absolute atomic E-state index is 12.7. The molecule has 0 saturated carbocycles. The summed E-state index contributed by atoms with van der Waals surface area (Å²) in [6.45, 7) is 2.44. The fraction of sp³-hybridized carbons (Fsp3) is 0.182. The molecule has 0 bridgehead atoms. The van der Waals surface area contributed by atoms with Crippen LogP contribution in [-0.2, 0) is 0 Å². The molecule has 2 aromatic carbocycles. The number of benzene rings is 2. The van der Waals surface area contributed by atoms with Crippen LogP contribution in [0, 0.1) is 0 Å². The molecular formula is C22H24N4O2. The molecule has 0 aliphatic heterocycles. The molecule has 2 N–H and O–H groups in total. The first-order valence-corrected chi connectivity index (χ1v) is 9.10. The second-order valence-electron chi connectivity index (χ2n) is 6.38. The lowest BCUT2D eigenvalue weighted by molar-refractivity contribution is 0.102. The Morgan fingerprint density at radius 1 is 1.07 bits per heavy atom. The summed E-state index contributed by atoms with van der Waals surface area (Å²) >= 11 is 0. The zero-order chi connectivity index (χ0) is 19.9. The van der Waals surface area contributed by atoms with Gasteiger partial charge in [0.1, 0.15) is 11.6 Å². The fourth-order valence-electron chi connectivity index (χ4n) is 2.68. The van der Waals surface area contributed by atoms with E-state index in [0.717, 1.165) is 11.4 Å². The van der Waals surface area contributed by atoms with Crippen LogP contribution in [-0.4, -0.2) is 31.6 Å². The second kappa shape index (κ2) is 8.90. The van der Waals surface area contributed by atoms with E-state index in [1.807, 2.05) is 74.4 Å². The lowest BCUT2D eigenvalue weighted by Crippen LogP contribution is -2.13. The molecule has 0 aliphatic carbocycles. The summed E-state index contributed by atoms with van der Waals surface area (Å²) in [7, 11) is 3.99. The van der Waals surface area contributed by atoms with Gasteiger partial charge < -0.3 is 20.3 Å². The van der Waals surface area contributed by atoms with E-state index in [9.17, 15) is 4.79 Å². The first-order chi connectivity index (χ1) is 13.6. The third kappa shape index (κ3) is 4.79. The molecule has 0 unspecified atom stereocenters. The van der Waals surface area contributed by atoms with E-state index < -0.39 is 0 Å². The van der Waals surface area contributed by atoms with Gasteiger partial charge in [0, 0.05) is 37.2 Å². The number of amides is 1. The maximum atomic E-state index is 12.7. The molecule has 0 atom stereocenters. The van der Waals surface area contributed by atoms with Gasteiger partial charge in [-0.25, -0.2) is 4.98 Å². The largest absolute Gasteiger partial charge is 0.492 e. The maximum Gasteiger partial charge on any atom is 0.255 e. The predicted molar refractivity (Wildman–Crippen MR) is 114 cm³/mol. The van der Waals surface area contributed by atoms with Crippen molar-refractivity contribution in [1.82, 2.24) is 4.98 Å². The van der Waals surface area contributed by atoms with Crippen molar-refractivity contribution >= 4 is 28.8 Å². The molecule has 28 heavy (non-hydrogen) atoms. The Labute approximate surface area is 165 Å². The summed E-state index contributed by atoms with van der Waals surface area (Å²) < 4.78 is 5.56. The van der Waals surface area contributed by atoms with Gasteiger partial charge in [0.05, 0.1) is 12.3 Å². The number of ether oxygens (including phenoxy) is 1. The number of pyridine rings is 1. The van der Waals surface area contributed by atoms with Gasteiger partial charge in [0.2, 0.25) is 0 Å². The van der Waals surface area contributed by atoms with Crippen LogP contribution < -0.4 is 20.3 Å². The fourth-order valence-corrected chi connectivity index (χ4v) is 2.68. The predicted octanol–water partition coefficient (Wildman–Crippen LogP) is 4.54. The highest BCUT2D eigenvalue weighted by molar-refractivity contribution is 6.05. The number of hydrogen-bond acceptors (Lipinski definition) is 5. The van der Waals surface area contributed by atoms with E-state index in [0.29, 0.717) is 29.4 Å². The van der Waals surface area contributed by atoms with Gasteiger partial charge in [-0.15, -0.1) is 0 Å². The van der Waals surface area contributed by atoms with Crippen molar-refractivity contribution in [2.75, 3.05) is 36.2 Å². The average molecular weight is 376 g/mol. The standard InChI is InChI=1S/C22H24N4O2/c1-4-28-20-8-6-5-7-19(20)25-22(27)16-13-14-23-21(15-16)24-17-9-11-18(12-10-17)26(2)3/h5-15H,4H2,1-3H3,(H,23,24)(H,25,27). The summed E-state index contributed by atoms with van der Waals surface area (Å²) in [4.78, 5) is 19.0. The molecule has 1 amide bonds. The van der Waals surface area contributed by atoms with E-state index >= 15 is 0 Å². The molecule has 0 fully saturated rings. The summed E-state index contributed by atoms with van der Waals surface area (Å²) in [5.41, 5.74) is 3.16. The molecule has 0 aliphatic rings. The molecule has 0 saturated heterocycles. The highest BCUT2D eigenvalue weighted by Crippen LogP contribution is 2.25. The van der Waals surface area contributed by atoms with Crippen molar-refractivity contribution < 1.29 is 9.53 Å². The van der Waals surface area contributed by atoms with Gasteiger partial charge in [0.25, 0.3) is 5.91 Å². The number of hydrogen-bond donors (Lipinski definition) is 2. The summed E-state index contributed by atoms with van der Waals surface area (Å²) in [5, 5.41) is 6.12. The highest BCUT2D eigenvalue weighted by atomic mass is 16.5. The number of rotatable bonds is 7. The molecule has 6 nitrogen and oxygen atoms in total. The average Bonchev–Trinajstić information content (AvgIpc) is 2.70. The van der Waals surface area contributed by atoms with Crippen LogP contribution in [0.15, 0.2) is 66.9 Å². The van der Waals surface area contributed by atoms with Gasteiger partial charge in [-0.05, 0) is 55.5 Å². The molecular weight excluding hydrogens is 352 g/mol. The Morgan fingerprint density at radius 2 is 1.82 bits per heavy atom. The summed E-state index contributed by atoms with van der Waals surface area (Å²) in [5.74, 6) is 1.02. The topological polar surface area (TPSA) is 66.5 Å². The van der Waals surface area contributed by atoms with Gasteiger partial charge in [0.15, 0.2) is 0 Å². The van der Waals surface area contributed by atoms with Crippen molar-refractivity contribution in [1.29, 1.82) is 0 Å². The van der Waals surface area contributed by atoms with Gasteiger partial charge in [-0.3, -0.25) is 4.79 Å². The minimum atomic E-state index is -0.222. The zero-order valence-corrected chi connectivity index (χ0v) is 16.3. The van der Waals surface area contributed by atoms with Gasteiger partial charge in [-0.1, -0.05) is 12.1 Å². The minimum absolute atomic E-state index is 0.222. The Hall–Kier alpha value is -3.54. The van der Waals surface area contributed by atoms with E-state index in [2.05, 4.69) is 15.6 Å². The van der Waals surface area contributed by atoms with E-state index in [-0.39, 0.29) is 5.91 Å². The lowest BCUT2D eigenvalue weighted by atomic mass is 10.2. The zero-order valence-electron chi connectivity index (χ0n) is 16.3. The molecule has 0 radical (unpaired) electrons. The van der Waals surface area contributed by atoms with E-state index in [1.54, 1.807) is 18.3 Å². The number of aromatic nitrogens is 1. The molecule has 1 heterocycles. The minimum Gasteiger partial charge on any atom is -0.492 e. The number of carbonyl (C=O) groups excluding carboxylic acids is 1. The third-order valence-electron chi connectivity index (χ3n) is 4.11. The van der Waals surface area contributed by atoms with Crippen molar-refractivity contribution in [2.24, 2.45) is 0 Å². The number of carbonyl (C=O) groups is 1. The Morgan fingerprint density at radius 3 is 2.54 bits per heavy atom. The van der Waals surface area contributed by atoms with Crippen molar-refractivity contribution in [3.63, 3.8) is 0 Å². The van der Waals surface area contributed by atoms with Crippen LogP contribution in [0.4, 0.5) is 22.9 Å². The van der Waals surface area contributed by atoms with Crippen molar-refractivity contribution in [3.8, 4) is 5.75 Å². The SMILES string of the molecule is CCOc1ccccc1NC(=O)c1ccnc(Nc2ccc(N(C)C)cc2)c1.